The molecular formula is C18H13F4N3O5S. The van der Waals surface area contributed by atoms with E-state index in [1.807, 2.05) is 4.72 Å². The summed E-state index contributed by atoms with van der Waals surface area (Å²) in [6, 6.07) is 6.76. The molecule has 0 aliphatic carbocycles. The Morgan fingerprint density at radius 1 is 1.19 bits per heavy atom. The average Bonchev–Trinajstić information content (AvgIpc) is 3.21. The molecule has 0 saturated carbocycles. The van der Waals surface area contributed by atoms with Crippen LogP contribution in [0.2, 0.25) is 0 Å². The van der Waals surface area contributed by atoms with Crippen molar-refractivity contribution in [1.82, 2.24) is 14.9 Å². The fourth-order valence-corrected chi connectivity index (χ4v) is 3.17. The fraction of sp³-hybridized carbons (Fsp3) is 0.167. The zero-order valence-electron chi connectivity index (χ0n) is 15.6. The van der Waals surface area contributed by atoms with Crippen LogP contribution >= 0.6 is 0 Å². The molecular weight excluding hydrogens is 446 g/mol. The van der Waals surface area contributed by atoms with Gasteiger partial charge in [0.15, 0.2) is 6.61 Å². The Morgan fingerprint density at radius 3 is 2.61 bits per heavy atom. The van der Waals surface area contributed by atoms with E-state index in [9.17, 15) is 30.8 Å². The number of nitrogens with zero attached hydrogens (tertiary/aromatic N) is 2. The Kier molecular flexibility index (Phi) is 6.08. The summed E-state index contributed by atoms with van der Waals surface area (Å²) in [5.74, 6) is -2.66. The second-order valence-electron chi connectivity index (χ2n) is 6.02. The smallest absolute Gasteiger partial charge is 0.416 e. The lowest BCUT2D eigenvalue weighted by Crippen LogP contribution is -2.19. The topological polar surface area (TPSA) is 111 Å². The summed E-state index contributed by atoms with van der Waals surface area (Å²) in [4.78, 5) is 15.6. The minimum absolute atomic E-state index is 0.0205. The van der Waals surface area contributed by atoms with Crippen LogP contribution in [-0.4, -0.2) is 31.6 Å². The summed E-state index contributed by atoms with van der Waals surface area (Å²) < 4.78 is 87.7. The summed E-state index contributed by atoms with van der Waals surface area (Å²) in [5.41, 5.74) is -1.53. The van der Waals surface area contributed by atoms with Crippen LogP contribution in [0.25, 0.3) is 11.4 Å². The molecule has 8 nitrogen and oxygen atoms in total. The van der Waals surface area contributed by atoms with Gasteiger partial charge in [-0.15, -0.1) is 0 Å². The second kappa shape index (κ2) is 8.43. The van der Waals surface area contributed by atoms with Gasteiger partial charge in [0.1, 0.15) is 5.82 Å². The average molecular weight is 459 g/mol. The number of sulfonamides is 1. The predicted molar refractivity (Wildman–Crippen MR) is 96.5 cm³/mol. The number of alkyl halides is 3. The van der Waals surface area contributed by atoms with Crippen molar-refractivity contribution in [3.63, 3.8) is 0 Å². The van der Waals surface area contributed by atoms with Gasteiger partial charge in [0.2, 0.25) is 15.8 Å². The molecule has 1 aromatic heterocycles. The Balaban J connectivity index is 1.75. The SMILES string of the molecule is CNS(=O)(=O)c1ccc(F)c(C(=O)OCc2nc(-c3cccc(C(F)(F)F)c3)no2)c1. The standard InChI is InChI=1S/C18H13F4N3O5S/c1-23-31(27,28)12-5-6-14(19)13(8-12)17(26)29-9-15-24-16(25-30-15)10-3-2-4-11(7-10)18(20,21)22/h2-8,23H,9H2,1H3. The Bertz CT molecular complexity index is 1220. The van der Waals surface area contributed by atoms with Crippen LogP contribution < -0.4 is 4.72 Å². The van der Waals surface area contributed by atoms with Crippen molar-refractivity contribution in [2.24, 2.45) is 0 Å². The molecule has 3 rings (SSSR count). The largest absolute Gasteiger partial charge is 0.452 e. The lowest BCUT2D eigenvalue weighted by molar-refractivity contribution is -0.137. The maximum atomic E-state index is 13.9. The van der Waals surface area contributed by atoms with Gasteiger partial charge in [-0.3, -0.25) is 0 Å². The number of nitrogens with one attached hydrogen (secondary N) is 1. The number of benzene rings is 2. The van der Waals surface area contributed by atoms with Gasteiger partial charge in [0.25, 0.3) is 5.89 Å². The van der Waals surface area contributed by atoms with Crippen molar-refractivity contribution in [2.75, 3.05) is 7.05 Å². The molecule has 2 aromatic carbocycles. The minimum atomic E-state index is -4.56. The number of esters is 1. The molecule has 0 saturated heterocycles. The molecule has 13 heteroatoms. The molecule has 1 N–H and O–H groups in total. The number of ether oxygens (including phenoxy) is 1. The van der Waals surface area contributed by atoms with E-state index < -0.39 is 45.7 Å². The molecule has 31 heavy (non-hydrogen) atoms. The van der Waals surface area contributed by atoms with E-state index in [-0.39, 0.29) is 22.2 Å². The van der Waals surface area contributed by atoms with Gasteiger partial charge in [0.05, 0.1) is 16.0 Å². The highest BCUT2D eigenvalue weighted by atomic mass is 32.2. The zero-order valence-corrected chi connectivity index (χ0v) is 16.4. The highest BCUT2D eigenvalue weighted by molar-refractivity contribution is 7.89. The van der Waals surface area contributed by atoms with Gasteiger partial charge in [-0.1, -0.05) is 17.3 Å². The predicted octanol–water partition coefficient (Wildman–Crippen LogP) is 3.16. The first-order chi connectivity index (χ1) is 14.5. The molecule has 0 aliphatic rings. The number of hydrogen-bond donors (Lipinski definition) is 1. The molecule has 3 aromatic rings. The van der Waals surface area contributed by atoms with Gasteiger partial charge in [0, 0.05) is 5.56 Å². The van der Waals surface area contributed by atoms with Crippen molar-refractivity contribution >= 4 is 16.0 Å². The maximum Gasteiger partial charge on any atom is 0.416 e. The Morgan fingerprint density at radius 2 is 1.94 bits per heavy atom. The third kappa shape index (κ3) is 5.06. The molecule has 0 unspecified atom stereocenters. The molecule has 0 amide bonds. The second-order valence-corrected chi connectivity index (χ2v) is 7.90. The summed E-state index contributed by atoms with van der Waals surface area (Å²) in [6.45, 7) is -0.618. The van der Waals surface area contributed by atoms with Crippen LogP contribution in [0.4, 0.5) is 17.6 Å². The highest BCUT2D eigenvalue weighted by Gasteiger charge is 2.30. The molecule has 0 atom stereocenters. The molecule has 0 aliphatic heterocycles. The molecule has 1 heterocycles. The highest BCUT2D eigenvalue weighted by Crippen LogP contribution is 2.31. The van der Waals surface area contributed by atoms with Gasteiger partial charge >= 0.3 is 12.1 Å². The third-order valence-electron chi connectivity index (χ3n) is 3.98. The van der Waals surface area contributed by atoms with Gasteiger partial charge in [-0.05, 0) is 37.4 Å². The molecule has 0 radical (unpaired) electrons. The Labute approximate surface area is 172 Å². The van der Waals surface area contributed by atoms with Gasteiger partial charge in [-0.25, -0.2) is 22.3 Å². The zero-order chi connectivity index (χ0) is 22.8. The number of carbonyl (C=O) groups excluding carboxylic acids is 1. The number of hydrogen-bond acceptors (Lipinski definition) is 7. The normalized spacial score (nSPS) is 12.0. The van der Waals surface area contributed by atoms with E-state index in [0.29, 0.717) is 0 Å². The number of aromatic nitrogens is 2. The minimum Gasteiger partial charge on any atom is -0.452 e. The summed E-state index contributed by atoms with van der Waals surface area (Å²) in [5, 5.41) is 3.53. The molecule has 0 fully saturated rings. The fourth-order valence-electron chi connectivity index (χ4n) is 2.42. The van der Waals surface area contributed by atoms with Gasteiger partial charge in [-0.2, -0.15) is 18.2 Å². The van der Waals surface area contributed by atoms with Crippen LogP contribution in [0.15, 0.2) is 51.9 Å². The van der Waals surface area contributed by atoms with Crippen LogP contribution in [0.3, 0.4) is 0 Å². The van der Waals surface area contributed by atoms with E-state index in [1.165, 1.54) is 12.1 Å². The van der Waals surface area contributed by atoms with Gasteiger partial charge < -0.3 is 9.26 Å². The van der Waals surface area contributed by atoms with Crippen molar-refractivity contribution in [3.8, 4) is 11.4 Å². The van der Waals surface area contributed by atoms with Crippen molar-refractivity contribution in [2.45, 2.75) is 17.7 Å². The quantitative estimate of drug-likeness (QED) is 0.445. The third-order valence-corrected chi connectivity index (χ3v) is 5.39. The van der Waals surface area contributed by atoms with E-state index in [2.05, 4.69) is 10.1 Å². The Hall–Kier alpha value is -3.32. The van der Waals surface area contributed by atoms with Crippen LogP contribution in [0, 0.1) is 5.82 Å². The van der Waals surface area contributed by atoms with E-state index in [1.54, 1.807) is 0 Å². The van der Waals surface area contributed by atoms with Crippen LogP contribution in [0.5, 0.6) is 0 Å². The van der Waals surface area contributed by atoms with Crippen LogP contribution in [-0.2, 0) is 27.5 Å². The number of rotatable bonds is 6. The van der Waals surface area contributed by atoms with Crippen molar-refractivity contribution < 1.29 is 40.0 Å². The molecule has 0 bridgehead atoms. The first-order valence-corrected chi connectivity index (χ1v) is 9.90. The molecule has 0 spiro atoms. The lowest BCUT2D eigenvalue weighted by atomic mass is 10.1. The first-order valence-electron chi connectivity index (χ1n) is 8.41. The lowest BCUT2D eigenvalue weighted by Gasteiger charge is -2.07. The number of carbonyl (C=O) groups is 1. The summed E-state index contributed by atoms with van der Waals surface area (Å²) in [6.07, 6.45) is -4.56. The monoisotopic (exact) mass is 459 g/mol. The van der Waals surface area contributed by atoms with Crippen LogP contribution in [0.1, 0.15) is 21.8 Å². The van der Waals surface area contributed by atoms with E-state index in [4.69, 9.17) is 9.26 Å². The first kappa shape index (κ1) is 22.4. The van der Waals surface area contributed by atoms with E-state index >= 15 is 0 Å². The number of halogens is 4. The van der Waals surface area contributed by atoms with E-state index in [0.717, 1.165) is 37.4 Å². The van der Waals surface area contributed by atoms with Crippen molar-refractivity contribution in [1.29, 1.82) is 0 Å². The van der Waals surface area contributed by atoms with Crippen molar-refractivity contribution in [3.05, 3.63) is 65.3 Å². The maximum absolute atomic E-state index is 13.9. The summed E-state index contributed by atoms with van der Waals surface area (Å²) >= 11 is 0. The summed E-state index contributed by atoms with van der Waals surface area (Å²) in [7, 11) is -2.78. The molecule has 164 valence electrons.